The normalized spacial score (nSPS) is 16.0. The molecular weight excluding hydrogens is 799 g/mol. The molecule has 0 radical (unpaired) electrons. The quantitative estimate of drug-likeness (QED) is 0.0285. The second kappa shape index (κ2) is 25.7. The average molecular weight is 850 g/mol. The highest BCUT2D eigenvalue weighted by molar-refractivity contribution is 7.80. The smallest absolute Gasteiger partial charge is 0.327 e. The lowest BCUT2D eigenvalue weighted by Gasteiger charge is -2.27. The van der Waals surface area contributed by atoms with Crippen molar-refractivity contribution in [1.29, 1.82) is 0 Å². The maximum atomic E-state index is 13.3. The molecule has 0 bridgehead atoms. The fraction of sp³-hybridized carbons (Fsp3) is 0.645. The molecule has 15 N–H and O–H groups in total. The Labute approximate surface area is 337 Å². The van der Waals surface area contributed by atoms with Gasteiger partial charge in [0.1, 0.15) is 30.2 Å². The number of nitrogens with two attached hydrogens (primary N) is 3. The number of unbranched alkanes of at least 4 members (excludes halogenated alkanes) is 1. The molecule has 1 saturated heterocycles. The SMILES string of the molecule is NC(=O)CC[C@H](NC(=O)[C@@H]1CCCN1C(=O)CNC(=O)[C@H](CCCCNC(N)=O)NC(=O)CNC(=O)[C@@H](CC(=O)O)NC(=O)[C@H](N)CS)C(=O)N[C@H](CS)C(=O)O. The Morgan fingerprint density at radius 3 is 1.89 bits per heavy atom. The minimum absolute atomic E-state index is 0.0288. The fourth-order valence-corrected chi connectivity index (χ4v) is 5.66. The summed E-state index contributed by atoms with van der Waals surface area (Å²) in [4.78, 5) is 137. The highest BCUT2D eigenvalue weighted by atomic mass is 32.1. The van der Waals surface area contributed by atoms with Crippen LogP contribution in [0.1, 0.15) is 51.4 Å². The van der Waals surface area contributed by atoms with Gasteiger partial charge < -0.3 is 69.5 Å². The van der Waals surface area contributed by atoms with E-state index in [4.69, 9.17) is 22.3 Å². The third-order valence-corrected chi connectivity index (χ3v) is 9.00. The highest BCUT2D eigenvalue weighted by Crippen LogP contribution is 2.18. The predicted octanol–water partition coefficient (Wildman–Crippen LogP) is -6.00. The Balaban J connectivity index is 2.99. The van der Waals surface area contributed by atoms with Gasteiger partial charge in [0.15, 0.2) is 0 Å². The van der Waals surface area contributed by atoms with E-state index in [2.05, 4.69) is 62.5 Å². The van der Waals surface area contributed by atoms with Crippen molar-refractivity contribution in [3.05, 3.63) is 0 Å². The molecule has 10 amide bonds. The summed E-state index contributed by atoms with van der Waals surface area (Å²) in [6.07, 6.45) is -0.398. The second-order valence-corrected chi connectivity index (χ2v) is 13.4. The van der Waals surface area contributed by atoms with Gasteiger partial charge in [-0.25, -0.2) is 9.59 Å². The number of hydrogen-bond donors (Lipinski definition) is 14. The van der Waals surface area contributed by atoms with Crippen molar-refractivity contribution in [2.75, 3.05) is 37.7 Å². The van der Waals surface area contributed by atoms with E-state index in [1.54, 1.807) is 0 Å². The molecule has 57 heavy (non-hydrogen) atoms. The predicted molar refractivity (Wildman–Crippen MR) is 204 cm³/mol. The lowest BCUT2D eigenvalue weighted by molar-refractivity contribution is -0.142. The van der Waals surface area contributed by atoms with E-state index < -0.39 is 121 Å². The molecule has 0 aliphatic carbocycles. The van der Waals surface area contributed by atoms with Crippen LogP contribution in [0.25, 0.3) is 0 Å². The van der Waals surface area contributed by atoms with Crippen LogP contribution >= 0.6 is 25.3 Å². The van der Waals surface area contributed by atoms with Crippen LogP contribution in [-0.2, 0) is 47.9 Å². The van der Waals surface area contributed by atoms with Gasteiger partial charge in [-0.3, -0.25) is 43.2 Å². The number of carboxylic acids is 2. The number of carbonyl (C=O) groups is 11. The first-order chi connectivity index (χ1) is 26.8. The number of carboxylic acid groups (broad SMARTS) is 2. The summed E-state index contributed by atoms with van der Waals surface area (Å²) >= 11 is 7.76. The lowest BCUT2D eigenvalue weighted by Crippen LogP contribution is -2.57. The number of nitrogens with one attached hydrogen (secondary N) is 7. The van der Waals surface area contributed by atoms with Gasteiger partial charge in [-0.05, 0) is 38.5 Å². The Morgan fingerprint density at radius 2 is 1.32 bits per heavy atom. The number of likely N-dealkylation sites (tertiary alicyclic amines) is 1. The molecular formula is C31H51N11O13S2. The molecule has 26 heteroatoms. The molecule has 1 rings (SSSR count). The molecule has 1 heterocycles. The molecule has 1 fully saturated rings. The minimum atomic E-state index is -1.60. The molecule has 320 valence electrons. The van der Waals surface area contributed by atoms with Crippen LogP contribution in [0, 0.1) is 0 Å². The van der Waals surface area contributed by atoms with Crippen molar-refractivity contribution in [3.8, 4) is 0 Å². The van der Waals surface area contributed by atoms with Crippen LogP contribution in [0.4, 0.5) is 4.79 Å². The number of nitrogens with zero attached hydrogens (tertiary/aromatic N) is 1. The van der Waals surface area contributed by atoms with E-state index in [1.165, 1.54) is 0 Å². The number of amides is 10. The van der Waals surface area contributed by atoms with E-state index in [0.717, 1.165) is 4.90 Å². The molecule has 0 saturated carbocycles. The number of urea groups is 1. The van der Waals surface area contributed by atoms with Gasteiger partial charge >= 0.3 is 18.0 Å². The minimum Gasteiger partial charge on any atom is -0.481 e. The van der Waals surface area contributed by atoms with Crippen LogP contribution in [0.5, 0.6) is 0 Å². The number of primary amides is 2. The van der Waals surface area contributed by atoms with E-state index in [9.17, 15) is 57.8 Å². The van der Waals surface area contributed by atoms with Crippen molar-refractivity contribution in [1.82, 2.24) is 42.1 Å². The highest BCUT2D eigenvalue weighted by Gasteiger charge is 2.37. The first-order valence-electron chi connectivity index (χ1n) is 17.6. The molecule has 0 aromatic rings. The van der Waals surface area contributed by atoms with Crippen LogP contribution in [0.3, 0.4) is 0 Å². The Morgan fingerprint density at radius 1 is 0.702 bits per heavy atom. The standard InChI is InChI=1S/C31H51N11O13S2/c32-15(13-56)25(48)40-18(10-24(46)47)27(50)36-11-22(44)38-16(4-1-2-8-35-31(34)55)26(49)37-12-23(45)42-9-3-5-20(42)29(52)39-17(6-7-21(33)43)28(51)41-19(14-57)30(53)54/h15-20,56-57H,1-14,32H2,(H2,33,43)(H,36,50)(H,37,49)(H,38,44)(H,39,52)(H,40,48)(H,41,51)(H,46,47)(H,53,54)(H3,34,35,55)/t15-,16+,17+,18-,19-,20+/m1/s1. The molecule has 0 aromatic heterocycles. The van der Waals surface area contributed by atoms with Crippen LogP contribution < -0.4 is 54.4 Å². The van der Waals surface area contributed by atoms with Gasteiger partial charge in [0.2, 0.25) is 47.3 Å². The number of hydrogen-bond acceptors (Lipinski definition) is 14. The molecule has 6 atom stereocenters. The van der Waals surface area contributed by atoms with Crippen LogP contribution in [0.2, 0.25) is 0 Å². The number of rotatable bonds is 26. The van der Waals surface area contributed by atoms with Crippen molar-refractivity contribution >= 4 is 90.5 Å². The summed E-state index contributed by atoms with van der Waals surface area (Å²) in [6.45, 7) is -1.18. The zero-order valence-corrected chi connectivity index (χ0v) is 32.6. The molecule has 0 aromatic carbocycles. The van der Waals surface area contributed by atoms with E-state index in [0.29, 0.717) is 12.8 Å². The first-order valence-corrected chi connectivity index (χ1v) is 18.9. The van der Waals surface area contributed by atoms with Crippen molar-refractivity contribution in [3.63, 3.8) is 0 Å². The Bertz CT molecular complexity index is 1510. The van der Waals surface area contributed by atoms with E-state index in [-0.39, 0.29) is 56.7 Å². The number of thiol groups is 2. The van der Waals surface area contributed by atoms with Gasteiger partial charge in [-0.2, -0.15) is 25.3 Å². The van der Waals surface area contributed by atoms with Gasteiger partial charge in [0, 0.05) is 31.0 Å². The van der Waals surface area contributed by atoms with Gasteiger partial charge in [-0.1, -0.05) is 0 Å². The largest absolute Gasteiger partial charge is 0.481 e. The topological polar surface area (TPSA) is 394 Å². The molecule has 1 aliphatic heterocycles. The molecule has 1 aliphatic rings. The number of carbonyl (C=O) groups excluding carboxylic acids is 9. The third kappa shape index (κ3) is 18.9. The second-order valence-electron chi connectivity index (χ2n) is 12.7. The monoisotopic (exact) mass is 849 g/mol. The maximum Gasteiger partial charge on any atom is 0.327 e. The van der Waals surface area contributed by atoms with Gasteiger partial charge in [0.25, 0.3) is 0 Å². The summed E-state index contributed by atoms with van der Waals surface area (Å²) in [6, 6.07) is -8.74. The fourth-order valence-electron chi connectivity index (χ4n) is 5.24. The summed E-state index contributed by atoms with van der Waals surface area (Å²) < 4.78 is 0. The van der Waals surface area contributed by atoms with Crippen molar-refractivity contribution < 1.29 is 63.0 Å². The summed E-state index contributed by atoms with van der Waals surface area (Å²) in [5.41, 5.74) is 15.8. The molecule has 0 spiro atoms. The summed E-state index contributed by atoms with van der Waals surface area (Å²) in [7, 11) is 0. The van der Waals surface area contributed by atoms with E-state index >= 15 is 0 Å². The van der Waals surface area contributed by atoms with Crippen LogP contribution in [-0.4, -0.2) is 154 Å². The summed E-state index contributed by atoms with van der Waals surface area (Å²) in [5, 5.41) is 34.6. The van der Waals surface area contributed by atoms with Gasteiger partial charge in [-0.15, -0.1) is 0 Å². The summed E-state index contributed by atoms with van der Waals surface area (Å²) in [5.74, 6) is -10.1. The maximum absolute atomic E-state index is 13.3. The Kier molecular flexibility index (Phi) is 22.4. The lowest BCUT2D eigenvalue weighted by atomic mass is 10.1. The van der Waals surface area contributed by atoms with Gasteiger partial charge in [0.05, 0.1) is 25.6 Å². The van der Waals surface area contributed by atoms with Crippen molar-refractivity contribution in [2.45, 2.75) is 87.6 Å². The molecule has 0 unspecified atom stereocenters. The van der Waals surface area contributed by atoms with Crippen LogP contribution in [0.15, 0.2) is 0 Å². The zero-order chi connectivity index (χ0) is 43.2. The van der Waals surface area contributed by atoms with Crippen molar-refractivity contribution in [2.24, 2.45) is 17.2 Å². The zero-order valence-electron chi connectivity index (χ0n) is 30.8. The molecule has 24 nitrogen and oxygen atoms in total. The number of aliphatic carboxylic acids is 2. The first kappa shape index (κ1) is 49.6. The Hall–Kier alpha value is -5.37. The average Bonchev–Trinajstić information content (AvgIpc) is 3.65. The third-order valence-electron chi connectivity index (χ3n) is 8.24. The van der Waals surface area contributed by atoms with E-state index in [1.807, 2.05) is 0 Å².